The van der Waals surface area contributed by atoms with Crippen molar-refractivity contribution in [3.05, 3.63) is 175 Å². The zero-order chi connectivity index (χ0) is 35.2. The molecular weight excluding hydrogens is 825 g/mol. The summed E-state index contributed by atoms with van der Waals surface area (Å²) in [5, 5.41) is 31.9. The monoisotopic (exact) mass is 857 g/mol. The molecule has 7 aromatic carbocycles. The zero-order valence-electron chi connectivity index (χ0n) is 28.3. The number of carbonyl (C=O) groups excluding carboxylic acids is 1. The number of Topliss-reactive ketones (excluding diaryl/α,β-unsaturated/α-hetero) is 1. The van der Waals surface area contributed by atoms with Gasteiger partial charge in [-0.1, -0.05) is 91.0 Å². The van der Waals surface area contributed by atoms with Crippen LogP contribution in [-0.4, -0.2) is 40.9 Å². The van der Waals surface area contributed by atoms with E-state index in [2.05, 4.69) is 56.8 Å². The average Bonchev–Trinajstić information content (AvgIpc) is 3.80. The Morgan fingerprint density at radius 1 is 0.519 bits per heavy atom. The van der Waals surface area contributed by atoms with E-state index < -0.39 is 0 Å². The number of aromatic nitrogens is 6. The summed E-state index contributed by atoms with van der Waals surface area (Å²) in [6, 6.07) is 55.6. The minimum atomic E-state index is -0.119. The number of rotatable bonds is 4. The minimum Gasteiger partial charge on any atom is -0.512 e. The van der Waals surface area contributed by atoms with Gasteiger partial charge in [0.25, 0.3) is 0 Å². The van der Waals surface area contributed by atoms with Crippen molar-refractivity contribution in [3.63, 3.8) is 0 Å². The van der Waals surface area contributed by atoms with Crippen molar-refractivity contribution in [2.24, 2.45) is 0 Å². The van der Waals surface area contributed by atoms with Crippen LogP contribution in [0.3, 0.4) is 0 Å². The maximum absolute atomic E-state index is 11.2. The van der Waals surface area contributed by atoms with Crippen LogP contribution in [0.5, 0.6) is 0 Å². The molecule has 0 spiro atoms. The van der Waals surface area contributed by atoms with Gasteiger partial charge in [0.1, 0.15) is 27.8 Å². The van der Waals surface area contributed by atoms with Gasteiger partial charge in [-0.2, -0.15) is 66.4 Å². The first-order valence-electron chi connectivity index (χ1n) is 16.4. The number of ketones is 1. The van der Waals surface area contributed by atoms with Crippen LogP contribution in [0.2, 0.25) is 0 Å². The van der Waals surface area contributed by atoms with Gasteiger partial charge in [-0.3, -0.25) is 4.79 Å². The molecule has 2 aromatic heterocycles. The van der Waals surface area contributed by atoms with Gasteiger partial charge in [-0.25, -0.2) is 0 Å². The molecule has 1 N–H and O–H groups in total. The van der Waals surface area contributed by atoms with E-state index in [9.17, 15) is 9.90 Å². The second-order valence-electron chi connectivity index (χ2n) is 11.7. The Morgan fingerprint density at radius 2 is 0.885 bits per heavy atom. The van der Waals surface area contributed by atoms with Gasteiger partial charge in [0.15, 0.2) is 5.78 Å². The van der Waals surface area contributed by atoms with Crippen molar-refractivity contribution in [3.8, 4) is 11.4 Å². The molecule has 0 bridgehead atoms. The smallest absolute Gasteiger partial charge is 0.163 e. The predicted molar refractivity (Wildman–Crippen MR) is 203 cm³/mol. The number of fused-ring (bicyclic) bond motifs is 4. The van der Waals surface area contributed by atoms with E-state index in [1.807, 2.05) is 115 Å². The first-order valence-corrected chi connectivity index (χ1v) is 16.4. The first kappa shape index (κ1) is 35.5. The van der Waals surface area contributed by atoms with Gasteiger partial charge in [0, 0.05) is 20.1 Å². The number of carbonyl (C=O) groups is 1. The van der Waals surface area contributed by atoms with Crippen molar-refractivity contribution in [2.75, 3.05) is 0 Å². The normalized spacial score (nSPS) is 11.2. The molecule has 0 aliphatic carbocycles. The van der Waals surface area contributed by atoms with Crippen LogP contribution in [-0.2, 0) is 24.9 Å². The van der Waals surface area contributed by atoms with E-state index in [1.54, 1.807) is 21.7 Å². The fourth-order valence-corrected chi connectivity index (χ4v) is 5.81. The third kappa shape index (κ3) is 7.71. The summed E-state index contributed by atoms with van der Waals surface area (Å²) in [5.74, 6) is -0.0510. The Labute approximate surface area is 314 Å². The minimum absolute atomic E-state index is 0. The SMILES string of the molecule is CC(=O)C(=C(C)O)c1ccccc1.[Ir].[c-]1ccc2ccccc2c1-n1nc2ccccc2n1.[c-]1ccc2ccccc2c1-n1nc2ccccc2n1. The van der Waals surface area contributed by atoms with E-state index >= 15 is 0 Å². The number of hydrogen-bond donors (Lipinski definition) is 1. The Kier molecular flexibility index (Phi) is 11.0. The largest absolute Gasteiger partial charge is 0.512 e. The molecule has 0 atom stereocenters. The molecular formula is C43H32IrN6O2-2. The fraction of sp³-hybridized carbons (Fsp3) is 0.0465. The number of aliphatic hydroxyl groups is 1. The first-order chi connectivity index (χ1) is 25.0. The van der Waals surface area contributed by atoms with Gasteiger partial charge in [0.05, 0.1) is 5.57 Å². The summed E-state index contributed by atoms with van der Waals surface area (Å²) in [5.41, 5.74) is 6.49. The Morgan fingerprint density at radius 3 is 1.27 bits per heavy atom. The third-order valence-corrected chi connectivity index (χ3v) is 8.15. The van der Waals surface area contributed by atoms with E-state index in [-0.39, 0.29) is 31.6 Å². The molecule has 0 fully saturated rings. The Balaban J connectivity index is 0.000000136. The zero-order valence-corrected chi connectivity index (χ0v) is 30.7. The average molecular weight is 857 g/mol. The van der Waals surface area contributed by atoms with Gasteiger partial charge < -0.3 is 5.11 Å². The quantitative estimate of drug-likeness (QED) is 0.108. The van der Waals surface area contributed by atoms with Crippen LogP contribution in [0.15, 0.2) is 157 Å². The van der Waals surface area contributed by atoms with E-state index in [4.69, 9.17) is 0 Å². The molecule has 0 aliphatic heterocycles. The number of allylic oxidation sites excluding steroid dienone is 2. The summed E-state index contributed by atoms with van der Waals surface area (Å²) >= 11 is 0. The van der Waals surface area contributed by atoms with Gasteiger partial charge in [-0.05, 0) is 55.1 Å². The number of hydrogen-bond acceptors (Lipinski definition) is 6. The summed E-state index contributed by atoms with van der Waals surface area (Å²) in [4.78, 5) is 14.5. The number of aliphatic hydroxyl groups excluding tert-OH is 1. The Bertz CT molecular complexity index is 2430. The van der Waals surface area contributed by atoms with Crippen LogP contribution in [0.25, 0.3) is 60.6 Å². The summed E-state index contributed by atoms with van der Waals surface area (Å²) < 4.78 is 0. The van der Waals surface area contributed by atoms with Gasteiger partial charge in [-0.15, -0.1) is 33.7 Å². The molecule has 0 unspecified atom stereocenters. The molecule has 1 radical (unpaired) electrons. The molecule has 0 saturated carbocycles. The van der Waals surface area contributed by atoms with Crippen LogP contribution < -0.4 is 0 Å². The molecule has 9 rings (SSSR count). The van der Waals surface area contributed by atoms with Crippen LogP contribution in [0.1, 0.15) is 19.4 Å². The molecule has 0 amide bonds. The summed E-state index contributed by atoms with van der Waals surface area (Å²) in [7, 11) is 0. The molecule has 52 heavy (non-hydrogen) atoms. The number of benzene rings is 7. The van der Waals surface area contributed by atoms with Crippen molar-refractivity contribution < 1.29 is 30.0 Å². The van der Waals surface area contributed by atoms with Gasteiger partial charge >= 0.3 is 0 Å². The molecule has 0 saturated heterocycles. The summed E-state index contributed by atoms with van der Waals surface area (Å²) in [6.07, 6.45) is 0. The van der Waals surface area contributed by atoms with E-state index in [1.165, 1.54) is 13.8 Å². The van der Waals surface area contributed by atoms with Crippen molar-refractivity contribution in [1.82, 2.24) is 30.0 Å². The molecule has 9 heteroatoms. The molecule has 0 aliphatic rings. The summed E-state index contributed by atoms with van der Waals surface area (Å²) in [6.45, 7) is 2.96. The van der Waals surface area contributed by atoms with Crippen LogP contribution >= 0.6 is 0 Å². The topological polar surface area (TPSA) is 98.7 Å². The van der Waals surface area contributed by atoms with Gasteiger partial charge in [0.2, 0.25) is 0 Å². The number of nitrogens with zero attached hydrogens (tertiary/aromatic N) is 6. The molecule has 2 heterocycles. The van der Waals surface area contributed by atoms with E-state index in [0.29, 0.717) is 5.57 Å². The van der Waals surface area contributed by atoms with Crippen molar-refractivity contribution in [1.29, 1.82) is 0 Å². The second kappa shape index (κ2) is 16.2. The van der Waals surface area contributed by atoms with Crippen LogP contribution in [0, 0.1) is 12.1 Å². The van der Waals surface area contributed by atoms with Crippen molar-refractivity contribution in [2.45, 2.75) is 13.8 Å². The fourth-order valence-electron chi connectivity index (χ4n) is 5.81. The van der Waals surface area contributed by atoms with Crippen LogP contribution in [0.4, 0.5) is 0 Å². The predicted octanol–water partition coefficient (Wildman–Crippen LogP) is 9.31. The Hall–Kier alpha value is -6.28. The van der Waals surface area contributed by atoms with E-state index in [0.717, 1.165) is 60.5 Å². The molecule has 9 aromatic rings. The second-order valence-corrected chi connectivity index (χ2v) is 11.7. The maximum Gasteiger partial charge on any atom is 0.163 e. The third-order valence-electron chi connectivity index (χ3n) is 8.15. The molecule has 8 nitrogen and oxygen atoms in total. The molecule has 257 valence electrons. The maximum atomic E-state index is 11.2. The standard InChI is InChI=1S/2C16H10N3.C11H12O2.Ir/c2*1-2-8-13-12(6-1)7-5-11-16(13)19-17-14-9-3-4-10-15(14)18-19;1-8(12)11(9(2)13)10-6-4-3-5-7-10;/h2*1-10H;3-7,12H,1-2H3;/q2*-1;;. The van der Waals surface area contributed by atoms with Crippen molar-refractivity contribution >= 4 is 55.0 Å².